The molecule has 0 aliphatic rings. The molecule has 4 heteroatoms. The van der Waals surface area contributed by atoms with Crippen LogP contribution in [0.3, 0.4) is 0 Å². The van der Waals surface area contributed by atoms with Crippen LogP contribution in [0.4, 0.5) is 0 Å². The highest BCUT2D eigenvalue weighted by molar-refractivity contribution is 6.31. The maximum atomic E-state index is 12.2. The van der Waals surface area contributed by atoms with Crippen LogP contribution in [-0.4, -0.2) is 5.91 Å². The lowest BCUT2D eigenvalue weighted by molar-refractivity contribution is -0.123. The van der Waals surface area contributed by atoms with Gasteiger partial charge in [-0.15, -0.1) is 0 Å². The molecule has 2 aromatic rings. The van der Waals surface area contributed by atoms with Crippen molar-refractivity contribution < 1.29 is 4.79 Å². The number of halogens is 1. The first-order valence-corrected chi connectivity index (χ1v) is 7.24. The molecule has 0 aromatic heterocycles. The van der Waals surface area contributed by atoms with Crippen LogP contribution in [-0.2, 0) is 4.79 Å². The summed E-state index contributed by atoms with van der Waals surface area (Å²) in [4.78, 5) is 12.2. The summed E-state index contributed by atoms with van der Waals surface area (Å²) in [5.41, 5.74) is 8.82. The van der Waals surface area contributed by atoms with E-state index in [1.165, 1.54) is 0 Å². The van der Waals surface area contributed by atoms with Crippen LogP contribution in [0.1, 0.15) is 35.7 Å². The second-order valence-corrected chi connectivity index (χ2v) is 5.55. The van der Waals surface area contributed by atoms with Gasteiger partial charge in [0, 0.05) is 5.02 Å². The Morgan fingerprint density at radius 1 is 1.14 bits per heavy atom. The average molecular weight is 303 g/mol. The number of amides is 1. The van der Waals surface area contributed by atoms with E-state index in [1.807, 2.05) is 56.3 Å². The molecule has 0 aliphatic heterocycles. The summed E-state index contributed by atoms with van der Waals surface area (Å²) in [5.74, 6) is -0.216. The zero-order chi connectivity index (χ0) is 15.4. The van der Waals surface area contributed by atoms with Crippen molar-refractivity contribution in [3.05, 3.63) is 70.2 Å². The molecule has 0 saturated heterocycles. The second kappa shape index (κ2) is 6.74. The Hall–Kier alpha value is -1.84. The standard InChI is InChI=1S/C17H19ClN2O/c1-11-7-9-13(10-8-11)16(19)17(21)20-12(2)14-5-3-4-6-15(14)18/h3-10,12,16H,19H2,1-2H3,(H,20,21). The lowest BCUT2D eigenvalue weighted by atomic mass is 10.0. The van der Waals surface area contributed by atoms with Crippen LogP contribution >= 0.6 is 11.6 Å². The third kappa shape index (κ3) is 3.84. The molecule has 110 valence electrons. The molecule has 3 nitrogen and oxygen atoms in total. The molecular formula is C17H19ClN2O. The average Bonchev–Trinajstić information content (AvgIpc) is 2.47. The Labute approximate surface area is 130 Å². The van der Waals surface area contributed by atoms with Crippen molar-refractivity contribution in [3.8, 4) is 0 Å². The van der Waals surface area contributed by atoms with Gasteiger partial charge in [0.15, 0.2) is 0 Å². The number of carbonyl (C=O) groups is 1. The second-order valence-electron chi connectivity index (χ2n) is 5.14. The Kier molecular flexibility index (Phi) is 4.99. The van der Waals surface area contributed by atoms with Gasteiger partial charge in [0.05, 0.1) is 6.04 Å². The highest BCUT2D eigenvalue weighted by Gasteiger charge is 2.19. The van der Waals surface area contributed by atoms with Crippen LogP contribution in [0, 0.1) is 6.92 Å². The Morgan fingerprint density at radius 2 is 1.76 bits per heavy atom. The normalized spacial score (nSPS) is 13.5. The molecular weight excluding hydrogens is 284 g/mol. The highest BCUT2D eigenvalue weighted by Crippen LogP contribution is 2.23. The minimum absolute atomic E-state index is 0.192. The van der Waals surface area contributed by atoms with Crippen LogP contribution in [0.15, 0.2) is 48.5 Å². The van der Waals surface area contributed by atoms with Gasteiger partial charge in [-0.1, -0.05) is 59.6 Å². The molecule has 0 radical (unpaired) electrons. The molecule has 0 fully saturated rings. The molecule has 0 bridgehead atoms. The molecule has 0 aliphatic carbocycles. The predicted octanol–water partition coefficient (Wildman–Crippen LogP) is 3.53. The Morgan fingerprint density at radius 3 is 2.38 bits per heavy atom. The first-order chi connectivity index (χ1) is 9.99. The zero-order valence-electron chi connectivity index (χ0n) is 12.1. The minimum atomic E-state index is -0.685. The van der Waals surface area contributed by atoms with Gasteiger partial charge in [-0.3, -0.25) is 4.79 Å². The van der Waals surface area contributed by atoms with Gasteiger partial charge in [-0.2, -0.15) is 0 Å². The molecule has 21 heavy (non-hydrogen) atoms. The van der Waals surface area contributed by atoms with Gasteiger partial charge in [-0.25, -0.2) is 0 Å². The number of carbonyl (C=O) groups excluding carboxylic acids is 1. The number of benzene rings is 2. The number of hydrogen-bond donors (Lipinski definition) is 2. The quantitative estimate of drug-likeness (QED) is 0.908. The molecule has 2 rings (SSSR count). The first kappa shape index (κ1) is 15.5. The summed E-state index contributed by atoms with van der Waals surface area (Å²) in [5, 5.41) is 3.54. The van der Waals surface area contributed by atoms with Crippen molar-refractivity contribution in [2.75, 3.05) is 0 Å². The van der Waals surface area contributed by atoms with Gasteiger partial charge in [-0.05, 0) is 31.0 Å². The molecule has 0 saturated carbocycles. The van der Waals surface area contributed by atoms with E-state index in [2.05, 4.69) is 5.32 Å². The molecule has 2 atom stereocenters. The summed E-state index contributed by atoms with van der Waals surface area (Å²) in [6.45, 7) is 3.88. The monoisotopic (exact) mass is 302 g/mol. The number of rotatable bonds is 4. The fourth-order valence-corrected chi connectivity index (χ4v) is 2.43. The lowest BCUT2D eigenvalue weighted by Gasteiger charge is -2.19. The van der Waals surface area contributed by atoms with Gasteiger partial charge in [0.1, 0.15) is 6.04 Å². The van der Waals surface area contributed by atoms with E-state index >= 15 is 0 Å². The Bertz CT molecular complexity index is 625. The Balaban J connectivity index is 2.07. The fraction of sp³-hybridized carbons (Fsp3) is 0.235. The maximum Gasteiger partial charge on any atom is 0.241 e. The zero-order valence-corrected chi connectivity index (χ0v) is 12.9. The molecule has 0 heterocycles. The summed E-state index contributed by atoms with van der Waals surface area (Å²) in [6, 6.07) is 14.2. The van der Waals surface area contributed by atoms with Crippen molar-refractivity contribution in [1.29, 1.82) is 0 Å². The van der Waals surface area contributed by atoms with Crippen LogP contribution in [0.5, 0.6) is 0 Å². The highest BCUT2D eigenvalue weighted by atomic mass is 35.5. The fourth-order valence-electron chi connectivity index (χ4n) is 2.13. The SMILES string of the molecule is Cc1ccc(C(N)C(=O)NC(C)c2ccccc2Cl)cc1. The van der Waals surface area contributed by atoms with E-state index in [4.69, 9.17) is 17.3 Å². The van der Waals surface area contributed by atoms with Gasteiger partial charge >= 0.3 is 0 Å². The predicted molar refractivity (Wildman–Crippen MR) is 86.1 cm³/mol. The molecule has 2 aromatic carbocycles. The van der Waals surface area contributed by atoms with E-state index < -0.39 is 6.04 Å². The molecule has 2 unspecified atom stereocenters. The topological polar surface area (TPSA) is 55.1 Å². The molecule has 3 N–H and O–H groups in total. The van der Waals surface area contributed by atoms with E-state index in [9.17, 15) is 4.79 Å². The smallest absolute Gasteiger partial charge is 0.241 e. The summed E-state index contributed by atoms with van der Waals surface area (Å²) >= 11 is 6.13. The van der Waals surface area contributed by atoms with Crippen LogP contribution in [0.25, 0.3) is 0 Å². The third-order valence-corrected chi connectivity index (χ3v) is 3.79. The summed E-state index contributed by atoms with van der Waals surface area (Å²) < 4.78 is 0. The van der Waals surface area contributed by atoms with Gasteiger partial charge < -0.3 is 11.1 Å². The van der Waals surface area contributed by atoms with Crippen LogP contribution in [0.2, 0.25) is 5.02 Å². The largest absolute Gasteiger partial charge is 0.348 e. The van der Waals surface area contributed by atoms with Crippen molar-refractivity contribution in [3.63, 3.8) is 0 Å². The number of hydrogen-bond acceptors (Lipinski definition) is 2. The third-order valence-electron chi connectivity index (χ3n) is 3.45. The summed E-state index contributed by atoms with van der Waals surface area (Å²) in [7, 11) is 0. The number of aryl methyl sites for hydroxylation is 1. The maximum absolute atomic E-state index is 12.2. The van der Waals surface area contributed by atoms with E-state index in [-0.39, 0.29) is 11.9 Å². The summed E-state index contributed by atoms with van der Waals surface area (Å²) in [6.07, 6.45) is 0. The lowest BCUT2D eigenvalue weighted by Crippen LogP contribution is -2.35. The van der Waals surface area contributed by atoms with Crippen molar-refractivity contribution in [1.82, 2.24) is 5.32 Å². The van der Waals surface area contributed by atoms with Crippen LogP contribution < -0.4 is 11.1 Å². The minimum Gasteiger partial charge on any atom is -0.348 e. The first-order valence-electron chi connectivity index (χ1n) is 6.86. The van der Waals surface area contributed by atoms with Crippen molar-refractivity contribution >= 4 is 17.5 Å². The van der Waals surface area contributed by atoms with Crippen molar-refractivity contribution in [2.45, 2.75) is 25.9 Å². The number of nitrogens with one attached hydrogen (secondary N) is 1. The molecule has 0 spiro atoms. The van der Waals surface area contributed by atoms with E-state index in [0.717, 1.165) is 16.7 Å². The number of nitrogens with two attached hydrogens (primary N) is 1. The van der Waals surface area contributed by atoms with Gasteiger partial charge in [0.25, 0.3) is 0 Å². The van der Waals surface area contributed by atoms with Crippen molar-refractivity contribution in [2.24, 2.45) is 5.73 Å². The molecule has 1 amide bonds. The van der Waals surface area contributed by atoms with E-state index in [1.54, 1.807) is 6.07 Å². The van der Waals surface area contributed by atoms with Gasteiger partial charge in [0.2, 0.25) is 5.91 Å². The van der Waals surface area contributed by atoms with E-state index in [0.29, 0.717) is 5.02 Å².